The largest absolute Gasteiger partial charge is 0.481 e. The molecule has 0 radical (unpaired) electrons. The number of nitrogens with one attached hydrogen (secondary N) is 1. The van der Waals surface area contributed by atoms with Gasteiger partial charge in [0.05, 0.1) is 29.2 Å². The fourth-order valence-electron chi connectivity index (χ4n) is 3.11. The summed E-state index contributed by atoms with van der Waals surface area (Å²) >= 11 is 10.1. The summed E-state index contributed by atoms with van der Waals surface area (Å²) in [5, 5.41) is 2.07. The van der Waals surface area contributed by atoms with Crippen LogP contribution in [0.2, 0.25) is 5.02 Å². The lowest BCUT2D eigenvalue weighted by atomic mass is 10.2. The topological polar surface area (TPSA) is 128 Å². The summed E-state index contributed by atoms with van der Waals surface area (Å²) in [7, 11) is 1.23. The van der Waals surface area contributed by atoms with Crippen LogP contribution in [0, 0.1) is 0 Å². The third kappa shape index (κ3) is 7.59. The summed E-state index contributed by atoms with van der Waals surface area (Å²) in [6, 6.07) is 9.20. The maximum atomic E-state index is 12.9. The van der Waals surface area contributed by atoms with Crippen molar-refractivity contribution < 1.29 is 38.2 Å². The van der Waals surface area contributed by atoms with Crippen LogP contribution in [-0.4, -0.2) is 60.8 Å². The summed E-state index contributed by atoms with van der Waals surface area (Å²) in [4.78, 5) is 62.6. The van der Waals surface area contributed by atoms with E-state index in [4.69, 9.17) is 21.1 Å². The summed E-state index contributed by atoms with van der Waals surface area (Å²) in [5.41, 5.74) is 0.750. The molecule has 1 heterocycles. The lowest BCUT2D eigenvalue weighted by Crippen LogP contribution is -2.36. The number of esters is 2. The van der Waals surface area contributed by atoms with Gasteiger partial charge in [-0.25, -0.2) is 9.59 Å². The van der Waals surface area contributed by atoms with Crippen LogP contribution in [0.3, 0.4) is 0 Å². The molecule has 38 heavy (non-hydrogen) atoms. The fraction of sp³-hybridized carbons (Fsp3) is 0.240. The van der Waals surface area contributed by atoms with Gasteiger partial charge in [-0.1, -0.05) is 34.5 Å². The summed E-state index contributed by atoms with van der Waals surface area (Å²) < 4.78 is 15.8. The zero-order valence-corrected chi connectivity index (χ0v) is 23.4. The van der Waals surface area contributed by atoms with Crippen LogP contribution in [0.15, 0.2) is 45.8 Å². The van der Waals surface area contributed by atoms with E-state index in [9.17, 15) is 24.0 Å². The van der Waals surface area contributed by atoms with Crippen molar-refractivity contribution >= 4 is 80.0 Å². The molecule has 3 rings (SSSR count). The van der Waals surface area contributed by atoms with Crippen molar-refractivity contribution in [1.29, 1.82) is 0 Å². The van der Waals surface area contributed by atoms with Crippen molar-refractivity contribution in [3.05, 3.63) is 61.9 Å². The molecular formula is C25H22BrClN2O8S. The highest BCUT2D eigenvalue weighted by molar-refractivity contribution is 9.10. The van der Waals surface area contributed by atoms with Gasteiger partial charge >= 0.3 is 11.9 Å². The van der Waals surface area contributed by atoms with Crippen LogP contribution >= 0.6 is 39.3 Å². The molecular weight excluding hydrogens is 604 g/mol. The number of thioether (sulfide) groups is 1. The Bertz CT molecular complexity index is 1320. The maximum absolute atomic E-state index is 12.9. The first-order chi connectivity index (χ1) is 18.1. The molecule has 1 aliphatic rings. The number of anilines is 1. The van der Waals surface area contributed by atoms with Crippen molar-refractivity contribution in [2.75, 3.05) is 32.2 Å². The number of nitrogens with zero attached hydrogens (tertiary/aromatic N) is 1. The Morgan fingerprint density at radius 3 is 2.63 bits per heavy atom. The van der Waals surface area contributed by atoms with Gasteiger partial charge in [-0.2, -0.15) is 0 Å². The number of carbonyl (C=O) groups excluding carboxylic acids is 5. The molecule has 0 aromatic heterocycles. The molecule has 0 atom stereocenters. The summed E-state index contributed by atoms with van der Waals surface area (Å²) in [6.45, 7) is 1.17. The minimum Gasteiger partial charge on any atom is -0.481 e. The minimum atomic E-state index is -0.672. The van der Waals surface area contributed by atoms with E-state index in [2.05, 4.69) is 26.0 Å². The van der Waals surface area contributed by atoms with E-state index in [1.807, 2.05) is 6.92 Å². The number of rotatable bonds is 10. The quantitative estimate of drug-likeness (QED) is 0.290. The number of hydrogen-bond acceptors (Lipinski definition) is 9. The third-order valence-electron chi connectivity index (χ3n) is 4.91. The molecule has 0 bridgehead atoms. The number of benzene rings is 2. The molecule has 0 saturated carbocycles. The van der Waals surface area contributed by atoms with Crippen LogP contribution in [-0.2, 0) is 23.9 Å². The number of amides is 3. The highest BCUT2D eigenvalue weighted by atomic mass is 79.9. The van der Waals surface area contributed by atoms with E-state index in [1.54, 1.807) is 18.2 Å². The second-order valence-corrected chi connectivity index (χ2v) is 10.0. The van der Waals surface area contributed by atoms with E-state index in [-0.39, 0.29) is 34.4 Å². The number of methoxy groups -OCH3 is 1. The Balaban J connectivity index is 1.72. The maximum Gasteiger partial charge on any atom is 0.343 e. The monoisotopic (exact) mass is 624 g/mol. The van der Waals surface area contributed by atoms with Gasteiger partial charge in [0.1, 0.15) is 12.3 Å². The number of imide groups is 1. The normalized spacial score (nSPS) is 14.0. The van der Waals surface area contributed by atoms with Crippen molar-refractivity contribution in [3.8, 4) is 5.75 Å². The minimum absolute atomic E-state index is 0.0660. The molecule has 1 aliphatic heterocycles. The average molecular weight is 626 g/mol. The van der Waals surface area contributed by atoms with Crippen molar-refractivity contribution in [2.24, 2.45) is 0 Å². The van der Waals surface area contributed by atoms with E-state index < -0.39 is 35.5 Å². The highest BCUT2D eigenvalue weighted by Gasteiger charge is 2.36. The zero-order valence-electron chi connectivity index (χ0n) is 20.2. The van der Waals surface area contributed by atoms with E-state index >= 15 is 0 Å². The smallest absolute Gasteiger partial charge is 0.343 e. The Morgan fingerprint density at radius 1 is 1.16 bits per heavy atom. The molecule has 2 aromatic rings. The SMILES string of the molecule is CCCOC(=O)c1cc(NC(=O)CN2C(=O)S/C(=C/c3cc(Br)ccc3OCC(=O)OC)C2=O)ccc1Cl. The molecule has 13 heteroatoms. The van der Waals surface area contributed by atoms with Gasteiger partial charge in [-0.15, -0.1) is 0 Å². The van der Waals surface area contributed by atoms with Crippen LogP contribution in [0.1, 0.15) is 29.3 Å². The Labute approximate surface area is 235 Å². The standard InChI is InChI=1S/C25H22BrClN2O8S/c1-3-8-36-24(33)17-11-16(5-6-18(17)27)28-21(30)12-29-23(32)20(38-25(29)34)10-14-9-15(26)4-7-19(14)37-13-22(31)35-2/h4-7,9-11H,3,8,12-13H2,1-2H3,(H,28,30)/b20-10+. The average Bonchev–Trinajstić information content (AvgIpc) is 3.14. The second kappa shape index (κ2) is 13.4. The highest BCUT2D eigenvalue weighted by Crippen LogP contribution is 2.35. The second-order valence-electron chi connectivity index (χ2n) is 7.69. The van der Waals surface area contributed by atoms with Crippen molar-refractivity contribution in [3.63, 3.8) is 0 Å². The van der Waals surface area contributed by atoms with Crippen LogP contribution in [0.25, 0.3) is 6.08 Å². The van der Waals surface area contributed by atoms with E-state index in [0.29, 0.717) is 34.0 Å². The molecule has 3 amide bonds. The summed E-state index contributed by atoms with van der Waals surface area (Å²) in [6.07, 6.45) is 2.07. The molecule has 0 spiro atoms. The summed E-state index contributed by atoms with van der Waals surface area (Å²) in [5.74, 6) is -2.26. The van der Waals surface area contributed by atoms with Gasteiger partial charge in [0, 0.05) is 15.7 Å². The van der Waals surface area contributed by atoms with Crippen molar-refractivity contribution in [1.82, 2.24) is 4.90 Å². The first kappa shape index (κ1) is 29.2. The first-order valence-electron chi connectivity index (χ1n) is 11.1. The molecule has 200 valence electrons. The van der Waals surface area contributed by atoms with Crippen LogP contribution < -0.4 is 10.1 Å². The van der Waals surface area contributed by atoms with E-state index in [0.717, 1.165) is 4.90 Å². The Kier molecular flexibility index (Phi) is 10.3. The van der Waals surface area contributed by atoms with Gasteiger partial charge in [0.2, 0.25) is 5.91 Å². The molecule has 0 aliphatic carbocycles. The predicted molar refractivity (Wildman–Crippen MR) is 145 cm³/mol. The number of ether oxygens (including phenoxy) is 3. The first-order valence-corrected chi connectivity index (χ1v) is 13.1. The molecule has 1 saturated heterocycles. The van der Waals surface area contributed by atoms with Gasteiger partial charge in [-0.3, -0.25) is 19.3 Å². The predicted octanol–water partition coefficient (Wildman–Crippen LogP) is 4.90. The molecule has 0 unspecified atom stereocenters. The fourth-order valence-corrected chi connectivity index (χ4v) is 4.52. The number of halogens is 2. The zero-order chi connectivity index (χ0) is 27.8. The van der Waals surface area contributed by atoms with Gasteiger partial charge in [0.25, 0.3) is 11.1 Å². The van der Waals surface area contributed by atoms with E-state index in [1.165, 1.54) is 31.4 Å². The molecule has 1 N–H and O–H groups in total. The molecule has 10 nitrogen and oxygen atoms in total. The van der Waals surface area contributed by atoms with Crippen LogP contribution in [0.5, 0.6) is 5.75 Å². The number of carbonyl (C=O) groups is 5. The number of hydrogen-bond donors (Lipinski definition) is 1. The molecule has 2 aromatic carbocycles. The van der Waals surface area contributed by atoms with Gasteiger partial charge in [-0.05, 0) is 60.7 Å². The molecule has 1 fully saturated rings. The lowest BCUT2D eigenvalue weighted by molar-refractivity contribution is -0.142. The Morgan fingerprint density at radius 2 is 1.92 bits per heavy atom. The third-order valence-corrected chi connectivity index (χ3v) is 6.64. The lowest BCUT2D eigenvalue weighted by Gasteiger charge is -2.13. The van der Waals surface area contributed by atoms with Crippen molar-refractivity contribution in [2.45, 2.75) is 13.3 Å². The van der Waals surface area contributed by atoms with Crippen LogP contribution in [0.4, 0.5) is 10.5 Å². The van der Waals surface area contributed by atoms with Gasteiger partial charge < -0.3 is 19.5 Å². The van der Waals surface area contributed by atoms with Gasteiger partial charge in [0.15, 0.2) is 6.61 Å². The Hall–Kier alpha value is -3.35.